The van der Waals surface area contributed by atoms with Crippen LogP contribution in [0.15, 0.2) is 18.2 Å². The van der Waals surface area contributed by atoms with Gasteiger partial charge in [-0.1, -0.05) is 31.4 Å². The van der Waals surface area contributed by atoms with E-state index in [0.717, 1.165) is 25.9 Å². The molecule has 0 radical (unpaired) electrons. The molecule has 1 aromatic rings. The fourth-order valence-electron chi connectivity index (χ4n) is 2.67. The van der Waals surface area contributed by atoms with Gasteiger partial charge in [-0.25, -0.2) is 4.39 Å². The summed E-state index contributed by atoms with van der Waals surface area (Å²) in [5.41, 5.74) is 1.31. The summed E-state index contributed by atoms with van der Waals surface area (Å²) in [6.45, 7) is 3.48. The number of rotatable bonds is 2. The first kappa shape index (κ1) is 13.3. The number of halogens is 1. The summed E-state index contributed by atoms with van der Waals surface area (Å²) in [5.74, 6) is -0.214. The highest BCUT2D eigenvalue weighted by Gasteiger charge is 2.19. The van der Waals surface area contributed by atoms with Crippen LogP contribution in [0, 0.1) is 5.82 Å². The Bertz CT molecular complexity index is 384. The number of hydrogen-bond acceptors (Lipinski definition) is 2. The van der Waals surface area contributed by atoms with E-state index < -0.39 is 6.10 Å². The average Bonchev–Trinajstić information content (AvgIpc) is 2.29. The van der Waals surface area contributed by atoms with Crippen molar-refractivity contribution < 1.29 is 9.50 Å². The van der Waals surface area contributed by atoms with E-state index >= 15 is 0 Å². The Labute approximate surface area is 108 Å². The molecule has 0 aliphatic carbocycles. The van der Waals surface area contributed by atoms with Crippen molar-refractivity contribution in [1.82, 2.24) is 0 Å². The van der Waals surface area contributed by atoms with E-state index in [0.29, 0.717) is 11.3 Å². The number of nitrogens with zero attached hydrogens (tertiary/aromatic N) is 1. The predicted octanol–water partition coefficient (Wildman–Crippen LogP) is 3.65. The van der Waals surface area contributed by atoms with Crippen LogP contribution in [0.1, 0.15) is 50.7 Å². The van der Waals surface area contributed by atoms with Crippen LogP contribution in [0.3, 0.4) is 0 Å². The Hall–Kier alpha value is -1.09. The van der Waals surface area contributed by atoms with E-state index in [1.165, 1.54) is 25.3 Å². The number of para-hydroxylation sites is 1. The van der Waals surface area contributed by atoms with Gasteiger partial charge in [-0.15, -0.1) is 0 Å². The molecule has 1 saturated heterocycles. The van der Waals surface area contributed by atoms with Crippen LogP contribution in [0.2, 0.25) is 0 Å². The molecule has 0 spiro atoms. The van der Waals surface area contributed by atoms with E-state index in [1.807, 2.05) is 6.07 Å². The molecular weight excluding hydrogens is 229 g/mol. The van der Waals surface area contributed by atoms with E-state index in [1.54, 1.807) is 13.0 Å². The Kier molecular flexibility index (Phi) is 4.59. The Morgan fingerprint density at radius 3 is 2.33 bits per heavy atom. The lowest BCUT2D eigenvalue weighted by Crippen LogP contribution is -2.29. The molecule has 0 aromatic heterocycles. The maximum Gasteiger partial charge on any atom is 0.146 e. The molecule has 1 aliphatic rings. The molecule has 1 aliphatic heterocycles. The van der Waals surface area contributed by atoms with Crippen molar-refractivity contribution in [2.45, 2.75) is 45.1 Å². The lowest BCUT2D eigenvalue weighted by atomic mass is 10.0. The molecule has 0 unspecified atom stereocenters. The highest BCUT2D eigenvalue weighted by molar-refractivity contribution is 5.55. The lowest BCUT2D eigenvalue weighted by Gasteiger charge is -2.29. The predicted molar refractivity (Wildman–Crippen MR) is 72.3 cm³/mol. The van der Waals surface area contributed by atoms with Crippen molar-refractivity contribution >= 4 is 5.69 Å². The van der Waals surface area contributed by atoms with Gasteiger partial charge < -0.3 is 10.0 Å². The third-order valence-electron chi connectivity index (χ3n) is 3.64. The number of hydrogen-bond donors (Lipinski definition) is 1. The Balaban J connectivity index is 2.29. The number of aliphatic hydroxyl groups excluding tert-OH is 1. The van der Waals surface area contributed by atoms with Crippen LogP contribution < -0.4 is 4.90 Å². The first-order valence-corrected chi connectivity index (χ1v) is 6.91. The van der Waals surface area contributed by atoms with Crippen LogP contribution in [0.25, 0.3) is 0 Å². The van der Waals surface area contributed by atoms with Gasteiger partial charge in [0.2, 0.25) is 0 Å². The molecule has 100 valence electrons. The maximum atomic E-state index is 14.1. The van der Waals surface area contributed by atoms with E-state index in [4.69, 9.17) is 0 Å². The molecule has 0 amide bonds. The minimum Gasteiger partial charge on any atom is -0.389 e. The Morgan fingerprint density at radius 2 is 1.72 bits per heavy atom. The van der Waals surface area contributed by atoms with E-state index in [-0.39, 0.29) is 5.82 Å². The standard InChI is InChI=1S/C15H22FNO/c1-12(18)13-8-7-9-14(16)15(13)17-10-5-3-2-4-6-11-17/h7-9,12,18H,2-6,10-11H2,1H3/t12-/m1/s1. The van der Waals surface area contributed by atoms with Crippen LogP contribution >= 0.6 is 0 Å². The quantitative estimate of drug-likeness (QED) is 0.867. The highest BCUT2D eigenvalue weighted by atomic mass is 19.1. The molecule has 1 heterocycles. The fourth-order valence-corrected chi connectivity index (χ4v) is 2.67. The summed E-state index contributed by atoms with van der Waals surface area (Å²) in [6.07, 6.45) is 5.31. The van der Waals surface area contributed by atoms with Gasteiger partial charge in [-0.3, -0.25) is 0 Å². The van der Waals surface area contributed by atoms with E-state index in [9.17, 15) is 9.50 Å². The molecular formula is C15H22FNO. The molecule has 3 heteroatoms. The third kappa shape index (κ3) is 3.02. The van der Waals surface area contributed by atoms with Crippen LogP contribution in [0.5, 0.6) is 0 Å². The van der Waals surface area contributed by atoms with Crippen LogP contribution in [-0.2, 0) is 0 Å². The van der Waals surface area contributed by atoms with Crippen molar-refractivity contribution in [2.24, 2.45) is 0 Å². The van der Waals surface area contributed by atoms with Crippen molar-refractivity contribution in [3.63, 3.8) is 0 Å². The topological polar surface area (TPSA) is 23.5 Å². The summed E-state index contributed by atoms with van der Waals surface area (Å²) in [5, 5.41) is 9.79. The Morgan fingerprint density at radius 1 is 1.11 bits per heavy atom. The first-order chi connectivity index (χ1) is 8.70. The second-order valence-electron chi connectivity index (χ2n) is 5.11. The van der Waals surface area contributed by atoms with E-state index in [2.05, 4.69) is 4.90 Å². The summed E-state index contributed by atoms with van der Waals surface area (Å²) < 4.78 is 14.1. The maximum absolute atomic E-state index is 14.1. The minimum absolute atomic E-state index is 0.214. The monoisotopic (exact) mass is 251 g/mol. The van der Waals surface area contributed by atoms with Gasteiger partial charge in [0.25, 0.3) is 0 Å². The smallest absolute Gasteiger partial charge is 0.146 e. The molecule has 1 fully saturated rings. The van der Waals surface area contributed by atoms with Gasteiger partial charge in [0.1, 0.15) is 5.82 Å². The number of benzene rings is 1. The zero-order chi connectivity index (χ0) is 13.0. The van der Waals surface area contributed by atoms with Gasteiger partial charge in [0.05, 0.1) is 11.8 Å². The first-order valence-electron chi connectivity index (χ1n) is 6.91. The summed E-state index contributed by atoms with van der Waals surface area (Å²) in [6, 6.07) is 4.98. The summed E-state index contributed by atoms with van der Waals surface area (Å²) in [4.78, 5) is 2.11. The van der Waals surface area contributed by atoms with Gasteiger partial charge in [0.15, 0.2) is 0 Å². The molecule has 18 heavy (non-hydrogen) atoms. The molecule has 0 saturated carbocycles. The molecule has 1 atom stereocenters. The second kappa shape index (κ2) is 6.19. The number of aliphatic hydroxyl groups is 1. The zero-order valence-corrected chi connectivity index (χ0v) is 11.0. The highest BCUT2D eigenvalue weighted by Crippen LogP contribution is 2.30. The van der Waals surface area contributed by atoms with Crippen LogP contribution in [0.4, 0.5) is 10.1 Å². The largest absolute Gasteiger partial charge is 0.389 e. The molecule has 2 rings (SSSR count). The molecule has 1 aromatic carbocycles. The average molecular weight is 251 g/mol. The van der Waals surface area contributed by atoms with Crippen molar-refractivity contribution in [1.29, 1.82) is 0 Å². The second-order valence-corrected chi connectivity index (χ2v) is 5.11. The van der Waals surface area contributed by atoms with Gasteiger partial charge in [0, 0.05) is 18.7 Å². The molecule has 0 bridgehead atoms. The summed E-state index contributed by atoms with van der Waals surface area (Å²) in [7, 11) is 0. The summed E-state index contributed by atoms with van der Waals surface area (Å²) >= 11 is 0. The van der Waals surface area contributed by atoms with Crippen molar-refractivity contribution in [2.75, 3.05) is 18.0 Å². The fraction of sp³-hybridized carbons (Fsp3) is 0.600. The molecule has 2 nitrogen and oxygen atoms in total. The van der Waals surface area contributed by atoms with Gasteiger partial charge in [-0.2, -0.15) is 0 Å². The normalized spacial score (nSPS) is 19.2. The number of anilines is 1. The van der Waals surface area contributed by atoms with Gasteiger partial charge in [-0.05, 0) is 25.8 Å². The molecule has 1 N–H and O–H groups in total. The lowest BCUT2D eigenvalue weighted by molar-refractivity contribution is 0.199. The van der Waals surface area contributed by atoms with Crippen LogP contribution in [-0.4, -0.2) is 18.2 Å². The minimum atomic E-state index is -0.624. The van der Waals surface area contributed by atoms with Crippen molar-refractivity contribution in [3.05, 3.63) is 29.6 Å². The van der Waals surface area contributed by atoms with Gasteiger partial charge >= 0.3 is 0 Å². The third-order valence-corrected chi connectivity index (χ3v) is 3.64. The zero-order valence-electron chi connectivity index (χ0n) is 11.0. The SMILES string of the molecule is C[C@@H](O)c1cccc(F)c1N1CCCCCCC1. The van der Waals surface area contributed by atoms with Crippen molar-refractivity contribution in [3.8, 4) is 0 Å².